The van der Waals surface area contributed by atoms with Gasteiger partial charge in [-0.15, -0.1) is 12.6 Å². The molecule has 0 spiro atoms. The van der Waals surface area contributed by atoms with Crippen molar-refractivity contribution in [2.24, 2.45) is 5.92 Å². The molecule has 0 heterocycles. The lowest BCUT2D eigenvalue weighted by Crippen LogP contribution is -2.32. The van der Waals surface area contributed by atoms with Gasteiger partial charge in [0, 0.05) is 25.7 Å². The molecular formula is C20H30O8S2. The molecule has 30 heavy (non-hydrogen) atoms. The molecule has 1 aromatic carbocycles. The molecule has 0 saturated carbocycles. The molecular weight excluding hydrogens is 432 g/mol. The lowest BCUT2D eigenvalue weighted by molar-refractivity contribution is -0.119. The normalized spacial score (nSPS) is 11.5. The van der Waals surface area contributed by atoms with Crippen LogP contribution in [0, 0.1) is 5.92 Å². The van der Waals surface area contributed by atoms with Crippen molar-refractivity contribution >= 4 is 32.3 Å². The van der Waals surface area contributed by atoms with Gasteiger partial charge >= 0.3 is 10.6 Å². The molecule has 10 heteroatoms. The van der Waals surface area contributed by atoms with Gasteiger partial charge in [0.2, 0.25) is 0 Å². The van der Waals surface area contributed by atoms with Gasteiger partial charge in [-0.1, -0.05) is 38.1 Å². The lowest BCUT2D eigenvalue weighted by atomic mass is 9.98. The Morgan fingerprint density at radius 3 is 1.63 bits per heavy atom. The van der Waals surface area contributed by atoms with Crippen molar-refractivity contribution in [2.75, 3.05) is 0 Å². The van der Waals surface area contributed by atoms with Gasteiger partial charge in [-0.05, 0) is 43.7 Å². The highest BCUT2D eigenvalue weighted by atomic mass is 32.2. The number of carbonyl (C=O) groups excluding carboxylic acids is 2. The van der Waals surface area contributed by atoms with E-state index in [0.717, 1.165) is 17.5 Å². The summed E-state index contributed by atoms with van der Waals surface area (Å²) < 4.78 is 55.7. The number of carbonyl (C=O) groups is 2. The maximum Gasteiger partial charge on any atom is 0.425 e. The first-order valence-electron chi connectivity index (χ1n) is 9.49. The molecule has 8 nitrogen and oxygen atoms in total. The SMILES string of the molecule is CC(C)CCC(=O)Cc1ccc(CC(=O)CCC(C)(C)S(=O)(=O)O)cc1.O=S(=O)=O. The second-order valence-corrected chi connectivity index (χ2v) is 10.6. The summed E-state index contributed by atoms with van der Waals surface area (Å²) in [6.45, 7) is 6.99. The Labute approximate surface area is 179 Å². The highest BCUT2D eigenvalue weighted by molar-refractivity contribution is 7.87. The summed E-state index contributed by atoms with van der Waals surface area (Å²) in [6, 6.07) is 7.38. The summed E-state index contributed by atoms with van der Waals surface area (Å²) in [4.78, 5) is 24.0. The van der Waals surface area contributed by atoms with Gasteiger partial charge in [0.25, 0.3) is 10.1 Å². The average Bonchev–Trinajstić information content (AvgIpc) is 2.58. The molecule has 0 atom stereocenters. The predicted molar refractivity (Wildman–Crippen MR) is 112 cm³/mol. The van der Waals surface area contributed by atoms with E-state index in [1.807, 2.05) is 24.3 Å². The number of hydrogen-bond acceptors (Lipinski definition) is 7. The molecule has 0 aliphatic heterocycles. The number of ketones is 2. The van der Waals surface area contributed by atoms with E-state index in [1.54, 1.807) is 0 Å². The van der Waals surface area contributed by atoms with Crippen molar-refractivity contribution in [3.8, 4) is 0 Å². The van der Waals surface area contributed by atoms with Crippen molar-refractivity contribution in [1.29, 1.82) is 0 Å². The van der Waals surface area contributed by atoms with Gasteiger partial charge in [-0.25, -0.2) is 0 Å². The van der Waals surface area contributed by atoms with Crippen LogP contribution >= 0.6 is 0 Å². The van der Waals surface area contributed by atoms with Crippen LogP contribution in [0.3, 0.4) is 0 Å². The molecule has 0 saturated heterocycles. The Kier molecular flexibility index (Phi) is 11.9. The zero-order chi connectivity index (χ0) is 23.5. The molecule has 0 fully saturated rings. The Bertz CT molecular complexity index is 906. The third-order valence-electron chi connectivity index (χ3n) is 4.53. The summed E-state index contributed by atoms with van der Waals surface area (Å²) in [5.41, 5.74) is 1.76. The van der Waals surface area contributed by atoms with E-state index < -0.39 is 25.5 Å². The minimum atomic E-state index is -4.18. The minimum Gasteiger partial charge on any atom is -0.299 e. The molecule has 0 aromatic heterocycles. The highest BCUT2D eigenvalue weighted by Gasteiger charge is 2.32. The van der Waals surface area contributed by atoms with E-state index >= 15 is 0 Å². The monoisotopic (exact) mass is 462 g/mol. The number of benzene rings is 1. The summed E-state index contributed by atoms with van der Waals surface area (Å²) >= 11 is 0. The average molecular weight is 463 g/mol. The Balaban J connectivity index is 0.00000192. The Morgan fingerprint density at radius 2 is 1.30 bits per heavy atom. The quantitative estimate of drug-likeness (QED) is 0.495. The molecule has 170 valence electrons. The van der Waals surface area contributed by atoms with Crippen molar-refractivity contribution in [3.63, 3.8) is 0 Å². The van der Waals surface area contributed by atoms with Crippen LogP contribution in [0.1, 0.15) is 64.5 Å². The second-order valence-electron chi connectivity index (χ2n) is 8.12. The fraction of sp³-hybridized carbons (Fsp3) is 0.600. The third kappa shape index (κ3) is 12.6. The van der Waals surface area contributed by atoms with Gasteiger partial charge in [0.15, 0.2) is 0 Å². The number of rotatable bonds is 11. The van der Waals surface area contributed by atoms with Crippen LogP contribution in [0.2, 0.25) is 0 Å². The summed E-state index contributed by atoms with van der Waals surface area (Å²) in [5, 5.41) is 0. The molecule has 0 radical (unpaired) electrons. The molecule has 1 rings (SSSR count). The second kappa shape index (κ2) is 12.7. The van der Waals surface area contributed by atoms with Crippen LogP contribution in [0.15, 0.2) is 24.3 Å². The molecule has 0 aliphatic carbocycles. The van der Waals surface area contributed by atoms with E-state index in [2.05, 4.69) is 13.8 Å². The first-order valence-corrected chi connectivity index (χ1v) is 11.9. The molecule has 0 amide bonds. The van der Waals surface area contributed by atoms with E-state index in [-0.39, 0.29) is 30.8 Å². The summed E-state index contributed by atoms with van der Waals surface area (Å²) in [5.74, 6) is 0.649. The zero-order valence-corrected chi connectivity index (χ0v) is 19.4. The predicted octanol–water partition coefficient (Wildman–Crippen LogP) is 2.79. The fourth-order valence-corrected chi connectivity index (χ4v) is 2.79. The van der Waals surface area contributed by atoms with Gasteiger partial charge in [0.05, 0.1) is 4.75 Å². The molecule has 1 aromatic rings. The van der Waals surface area contributed by atoms with Crippen LogP contribution in [-0.2, 0) is 43.2 Å². The third-order valence-corrected chi connectivity index (χ3v) is 6.13. The fourth-order valence-electron chi connectivity index (χ4n) is 2.43. The summed E-state index contributed by atoms with van der Waals surface area (Å²) in [6.07, 6.45) is 2.26. The van der Waals surface area contributed by atoms with Crippen LogP contribution in [-0.4, -0.2) is 41.9 Å². The first kappa shape index (κ1) is 28.1. The smallest absolute Gasteiger partial charge is 0.299 e. The van der Waals surface area contributed by atoms with Crippen LogP contribution in [0.25, 0.3) is 0 Å². The first-order chi connectivity index (χ1) is 13.6. The van der Waals surface area contributed by atoms with Gasteiger partial charge in [-0.2, -0.15) is 8.42 Å². The maximum atomic E-state index is 12.1. The van der Waals surface area contributed by atoms with Crippen molar-refractivity contribution in [1.82, 2.24) is 0 Å². The molecule has 0 aliphatic rings. The largest absolute Gasteiger partial charge is 0.425 e. The molecule has 0 unspecified atom stereocenters. The van der Waals surface area contributed by atoms with E-state index in [9.17, 15) is 18.0 Å². The number of Topliss-reactive ketones (excluding diaryl/α,β-unsaturated/α-hetero) is 2. The van der Waals surface area contributed by atoms with Gasteiger partial charge < -0.3 is 0 Å². The maximum absolute atomic E-state index is 12.1. The van der Waals surface area contributed by atoms with Gasteiger partial charge in [0.1, 0.15) is 11.6 Å². The Hall–Kier alpha value is -1.91. The number of hydrogen-bond donors (Lipinski definition) is 1. The van der Waals surface area contributed by atoms with Crippen molar-refractivity contribution in [2.45, 2.75) is 71.0 Å². The van der Waals surface area contributed by atoms with Crippen LogP contribution in [0.4, 0.5) is 0 Å². The molecule has 0 bridgehead atoms. The van der Waals surface area contributed by atoms with Crippen LogP contribution in [0.5, 0.6) is 0 Å². The van der Waals surface area contributed by atoms with Crippen molar-refractivity contribution < 1.29 is 35.2 Å². The van der Waals surface area contributed by atoms with Crippen molar-refractivity contribution in [3.05, 3.63) is 35.4 Å². The standard InChI is InChI=1S/C20H30O5S.O3S/c1-15(2)5-10-18(21)13-16-6-8-17(9-7-16)14-19(22)11-12-20(3,4)26(23,24)25;1-4(2)3/h6-9,15H,5,10-14H2,1-4H3,(H,23,24,25);. The van der Waals surface area contributed by atoms with Gasteiger partial charge in [-0.3, -0.25) is 14.1 Å². The molecule has 1 N–H and O–H groups in total. The van der Waals surface area contributed by atoms with Crippen LogP contribution < -0.4 is 0 Å². The summed E-state index contributed by atoms with van der Waals surface area (Å²) in [7, 11) is -7.29. The van der Waals surface area contributed by atoms with E-state index in [1.165, 1.54) is 13.8 Å². The highest BCUT2D eigenvalue weighted by Crippen LogP contribution is 2.22. The lowest BCUT2D eigenvalue weighted by Gasteiger charge is -2.20. The topological polar surface area (TPSA) is 140 Å². The zero-order valence-electron chi connectivity index (χ0n) is 17.8. The minimum absolute atomic E-state index is 0.0765. The van der Waals surface area contributed by atoms with E-state index in [4.69, 9.17) is 17.2 Å². The Morgan fingerprint density at radius 1 is 0.933 bits per heavy atom. The van der Waals surface area contributed by atoms with E-state index in [0.29, 0.717) is 18.8 Å².